The number of fused-ring (bicyclic) bond motifs is 1. The van der Waals surface area contributed by atoms with Crippen molar-refractivity contribution in [2.24, 2.45) is 5.92 Å². The summed E-state index contributed by atoms with van der Waals surface area (Å²) in [6.45, 7) is 4.59. The minimum Gasteiger partial charge on any atom is -0.492 e. The number of benzene rings is 1. The van der Waals surface area contributed by atoms with Crippen molar-refractivity contribution in [3.63, 3.8) is 0 Å². The zero-order valence-corrected chi connectivity index (χ0v) is 10.3. The van der Waals surface area contributed by atoms with Crippen LogP contribution in [0.15, 0.2) is 12.1 Å². The molecule has 0 aromatic heterocycles. The average molecular weight is 239 g/mol. The molecule has 86 valence electrons. The highest BCUT2D eigenvalue weighted by Crippen LogP contribution is 2.34. The van der Waals surface area contributed by atoms with Crippen molar-refractivity contribution >= 4 is 17.4 Å². The zero-order chi connectivity index (χ0) is 11.7. The van der Waals surface area contributed by atoms with Crippen LogP contribution in [0.3, 0.4) is 0 Å². The lowest BCUT2D eigenvalue weighted by Crippen LogP contribution is -2.11. The van der Waals surface area contributed by atoms with Gasteiger partial charge in [-0.15, -0.1) is 0 Å². The van der Waals surface area contributed by atoms with Crippen molar-refractivity contribution in [1.82, 2.24) is 0 Å². The van der Waals surface area contributed by atoms with E-state index in [9.17, 15) is 4.79 Å². The number of ether oxygens (including phenoxy) is 1. The van der Waals surface area contributed by atoms with Crippen molar-refractivity contribution in [3.05, 3.63) is 28.3 Å². The number of hydrogen-bond donors (Lipinski definition) is 0. The van der Waals surface area contributed by atoms with Crippen molar-refractivity contribution in [2.75, 3.05) is 6.61 Å². The normalized spacial score (nSPS) is 15.4. The molecule has 1 aliphatic heterocycles. The first-order valence-corrected chi connectivity index (χ1v) is 6.00. The lowest BCUT2D eigenvalue weighted by Gasteiger charge is -2.11. The summed E-state index contributed by atoms with van der Waals surface area (Å²) in [6, 6.07) is 3.61. The van der Waals surface area contributed by atoms with Crippen LogP contribution in [0, 0.1) is 5.92 Å². The van der Waals surface area contributed by atoms with E-state index in [0.717, 1.165) is 24.2 Å². The fourth-order valence-corrected chi connectivity index (χ4v) is 2.14. The molecule has 0 N–H and O–H groups in total. The molecule has 1 unspecified atom stereocenters. The van der Waals surface area contributed by atoms with Gasteiger partial charge in [0.1, 0.15) is 5.75 Å². The summed E-state index contributed by atoms with van der Waals surface area (Å²) in [5.74, 6) is 0.893. The predicted octanol–water partition coefficient (Wildman–Crippen LogP) is 3.50. The van der Waals surface area contributed by atoms with Gasteiger partial charge in [-0.25, -0.2) is 0 Å². The van der Waals surface area contributed by atoms with Crippen LogP contribution in [-0.2, 0) is 6.42 Å². The van der Waals surface area contributed by atoms with E-state index in [-0.39, 0.29) is 11.7 Å². The predicted molar refractivity (Wildman–Crippen MR) is 64.4 cm³/mol. The maximum Gasteiger partial charge on any atom is 0.169 e. The smallest absolute Gasteiger partial charge is 0.169 e. The van der Waals surface area contributed by atoms with Gasteiger partial charge in [0.25, 0.3) is 0 Å². The van der Waals surface area contributed by atoms with E-state index in [1.807, 2.05) is 19.9 Å². The molecule has 1 aromatic rings. The molecule has 16 heavy (non-hydrogen) atoms. The van der Waals surface area contributed by atoms with Gasteiger partial charge in [0, 0.05) is 17.4 Å². The quantitative estimate of drug-likeness (QED) is 0.754. The number of hydrogen-bond acceptors (Lipinski definition) is 2. The molecular weight excluding hydrogens is 224 g/mol. The van der Waals surface area contributed by atoms with Crippen molar-refractivity contribution in [1.29, 1.82) is 0 Å². The highest BCUT2D eigenvalue weighted by atomic mass is 35.5. The van der Waals surface area contributed by atoms with Crippen LogP contribution in [-0.4, -0.2) is 12.4 Å². The van der Waals surface area contributed by atoms with E-state index >= 15 is 0 Å². The van der Waals surface area contributed by atoms with Crippen molar-refractivity contribution < 1.29 is 9.53 Å². The van der Waals surface area contributed by atoms with Gasteiger partial charge in [-0.2, -0.15) is 0 Å². The number of Topliss-reactive ketones (excluding diaryl/α,β-unsaturated/α-hetero) is 1. The summed E-state index contributed by atoms with van der Waals surface area (Å²) in [7, 11) is 0. The summed E-state index contributed by atoms with van der Waals surface area (Å²) >= 11 is 6.01. The van der Waals surface area contributed by atoms with E-state index in [2.05, 4.69) is 0 Å². The van der Waals surface area contributed by atoms with Crippen LogP contribution in [0.5, 0.6) is 5.75 Å². The number of carbonyl (C=O) groups is 1. The van der Waals surface area contributed by atoms with Gasteiger partial charge in [-0.1, -0.05) is 25.4 Å². The number of rotatable bonds is 3. The molecule has 0 radical (unpaired) electrons. The molecule has 1 aromatic carbocycles. The maximum atomic E-state index is 12.1. The van der Waals surface area contributed by atoms with Gasteiger partial charge in [-0.3, -0.25) is 4.79 Å². The monoisotopic (exact) mass is 238 g/mol. The minimum atomic E-state index is 0.0202. The molecule has 0 amide bonds. The first-order chi connectivity index (χ1) is 7.63. The van der Waals surface area contributed by atoms with Crippen molar-refractivity contribution in [3.8, 4) is 5.75 Å². The Morgan fingerprint density at radius 3 is 3.00 bits per heavy atom. The van der Waals surface area contributed by atoms with Crippen LogP contribution >= 0.6 is 11.6 Å². The van der Waals surface area contributed by atoms with Crippen LogP contribution < -0.4 is 4.74 Å². The molecule has 1 atom stereocenters. The third kappa shape index (κ3) is 1.94. The Morgan fingerprint density at radius 1 is 1.56 bits per heavy atom. The second-order valence-corrected chi connectivity index (χ2v) is 4.65. The molecule has 0 spiro atoms. The molecule has 0 bridgehead atoms. The Labute approximate surface area is 101 Å². The zero-order valence-electron chi connectivity index (χ0n) is 9.55. The fraction of sp³-hybridized carbons (Fsp3) is 0.462. The van der Waals surface area contributed by atoms with Gasteiger partial charge in [0.2, 0.25) is 0 Å². The molecule has 0 saturated heterocycles. The van der Waals surface area contributed by atoms with E-state index in [1.54, 1.807) is 6.07 Å². The summed E-state index contributed by atoms with van der Waals surface area (Å²) in [5.41, 5.74) is 1.70. The van der Waals surface area contributed by atoms with Gasteiger partial charge in [0.15, 0.2) is 5.78 Å². The molecule has 1 heterocycles. The number of ketones is 1. The third-order valence-corrected chi connectivity index (χ3v) is 3.29. The molecule has 3 heteroatoms. The Kier molecular flexibility index (Phi) is 3.20. The van der Waals surface area contributed by atoms with Crippen LogP contribution in [0.25, 0.3) is 0 Å². The van der Waals surface area contributed by atoms with E-state index in [1.165, 1.54) is 0 Å². The number of carbonyl (C=O) groups excluding carboxylic acids is 1. The first-order valence-electron chi connectivity index (χ1n) is 5.63. The standard InChI is InChI=1S/C13H15ClO2/c1-3-8(2)12(15)11-7-10(14)6-9-4-5-16-13(9)11/h6-8H,3-5H2,1-2H3. The lowest BCUT2D eigenvalue weighted by atomic mass is 9.95. The van der Waals surface area contributed by atoms with Crippen LogP contribution in [0.1, 0.15) is 36.2 Å². The Bertz CT molecular complexity index is 426. The molecule has 0 fully saturated rings. The highest BCUT2D eigenvalue weighted by molar-refractivity contribution is 6.31. The fourth-order valence-electron chi connectivity index (χ4n) is 1.90. The Balaban J connectivity index is 2.44. The maximum absolute atomic E-state index is 12.1. The second kappa shape index (κ2) is 4.46. The van der Waals surface area contributed by atoms with Gasteiger partial charge >= 0.3 is 0 Å². The molecule has 0 aliphatic carbocycles. The summed E-state index contributed by atoms with van der Waals surface area (Å²) in [5, 5.41) is 0.621. The summed E-state index contributed by atoms with van der Waals surface area (Å²) < 4.78 is 5.52. The average Bonchev–Trinajstić information content (AvgIpc) is 2.73. The Hall–Kier alpha value is -1.02. The SMILES string of the molecule is CCC(C)C(=O)c1cc(Cl)cc2c1OCC2. The molecule has 2 rings (SSSR count). The van der Waals surface area contributed by atoms with Gasteiger partial charge in [-0.05, 0) is 24.1 Å². The van der Waals surface area contributed by atoms with Crippen molar-refractivity contribution in [2.45, 2.75) is 26.7 Å². The second-order valence-electron chi connectivity index (χ2n) is 4.21. The van der Waals surface area contributed by atoms with E-state index < -0.39 is 0 Å². The Morgan fingerprint density at radius 2 is 2.31 bits per heavy atom. The minimum absolute atomic E-state index is 0.0202. The third-order valence-electron chi connectivity index (χ3n) is 3.07. The molecule has 1 aliphatic rings. The van der Waals surface area contributed by atoms with Gasteiger partial charge in [0.05, 0.1) is 12.2 Å². The molecular formula is C13H15ClO2. The summed E-state index contributed by atoms with van der Waals surface area (Å²) in [4.78, 5) is 12.1. The van der Waals surface area contributed by atoms with Gasteiger partial charge < -0.3 is 4.74 Å². The molecule has 0 saturated carbocycles. The van der Waals surface area contributed by atoms with Crippen LogP contribution in [0.2, 0.25) is 5.02 Å². The van der Waals surface area contributed by atoms with Crippen LogP contribution in [0.4, 0.5) is 0 Å². The lowest BCUT2D eigenvalue weighted by molar-refractivity contribution is 0.0924. The highest BCUT2D eigenvalue weighted by Gasteiger charge is 2.24. The first kappa shape index (κ1) is 11.5. The van der Waals surface area contributed by atoms with E-state index in [4.69, 9.17) is 16.3 Å². The van der Waals surface area contributed by atoms with E-state index in [0.29, 0.717) is 17.2 Å². The number of halogens is 1. The molecule has 2 nitrogen and oxygen atoms in total. The summed E-state index contributed by atoms with van der Waals surface area (Å²) in [6.07, 6.45) is 1.68. The topological polar surface area (TPSA) is 26.3 Å². The largest absolute Gasteiger partial charge is 0.492 e.